The second-order valence-electron chi connectivity index (χ2n) is 9.74. The van der Waals surface area contributed by atoms with Gasteiger partial charge in [-0.25, -0.2) is 4.79 Å². The molecular formula is C30H30N2O10P+. The van der Waals surface area contributed by atoms with Gasteiger partial charge >= 0.3 is 13.9 Å². The molecule has 2 heterocycles. The molecule has 1 aliphatic rings. The molecule has 0 saturated carbocycles. The van der Waals surface area contributed by atoms with Crippen LogP contribution >= 0.6 is 8.25 Å². The lowest BCUT2D eigenvalue weighted by molar-refractivity contribution is -0.0918. The summed E-state index contributed by atoms with van der Waals surface area (Å²) in [6.45, 7) is -0.151. The van der Waals surface area contributed by atoms with E-state index in [-0.39, 0.29) is 13.0 Å². The number of methoxy groups -OCH3 is 2. The molecule has 1 saturated heterocycles. The van der Waals surface area contributed by atoms with Crippen LogP contribution in [-0.4, -0.2) is 52.6 Å². The first-order valence-electron chi connectivity index (χ1n) is 13.3. The minimum absolute atomic E-state index is 0.0372. The van der Waals surface area contributed by atoms with Crippen LogP contribution in [0.4, 0.5) is 0 Å². The molecule has 1 fully saturated rings. The van der Waals surface area contributed by atoms with Gasteiger partial charge in [0.05, 0.1) is 27.0 Å². The highest BCUT2D eigenvalue weighted by molar-refractivity contribution is 7.32. The summed E-state index contributed by atoms with van der Waals surface area (Å²) in [5.74, 6) is 0.616. The van der Waals surface area contributed by atoms with Gasteiger partial charge in [-0.3, -0.25) is 14.3 Å². The molecule has 13 heteroatoms. The van der Waals surface area contributed by atoms with Gasteiger partial charge in [-0.2, -0.15) is 0 Å². The predicted molar refractivity (Wildman–Crippen MR) is 154 cm³/mol. The van der Waals surface area contributed by atoms with Crippen LogP contribution in [0.1, 0.15) is 29.3 Å². The van der Waals surface area contributed by atoms with E-state index >= 15 is 0 Å². The van der Waals surface area contributed by atoms with Crippen molar-refractivity contribution in [3.05, 3.63) is 123 Å². The van der Waals surface area contributed by atoms with E-state index in [0.29, 0.717) is 11.5 Å². The van der Waals surface area contributed by atoms with Gasteiger partial charge < -0.3 is 24.1 Å². The number of aromatic amines is 1. The van der Waals surface area contributed by atoms with E-state index in [4.69, 9.17) is 23.5 Å². The highest BCUT2D eigenvalue weighted by Crippen LogP contribution is 2.43. The van der Waals surface area contributed by atoms with Crippen molar-refractivity contribution in [1.29, 1.82) is 0 Å². The standard InChI is InChI=1S/C30H29N2O10P/c1-38-22-12-8-20(9-13-22)30(19-6-4-3-5-7-19,21-10-14-23(39-2)15-11-21)40-18-26-25(42-43(36)37)16-27(41-26)32-17-24(33)28(34)31-29(32)35/h3-15,17,25-27H,16,18H2,1-2H3,(H2-,31,33,34,35,36,37)/p+1/t25-,26+,27+/m0/s1. The zero-order valence-corrected chi connectivity index (χ0v) is 24.2. The fourth-order valence-electron chi connectivity index (χ4n) is 5.22. The molecule has 5 rings (SSSR count). The van der Waals surface area contributed by atoms with E-state index in [2.05, 4.69) is 0 Å². The van der Waals surface area contributed by atoms with E-state index in [0.717, 1.165) is 27.5 Å². The molecule has 4 atom stereocenters. The number of hydrogen-bond acceptors (Lipinski definition) is 9. The molecule has 1 unspecified atom stereocenters. The first-order valence-corrected chi connectivity index (χ1v) is 14.4. The Morgan fingerprint density at radius 2 is 1.49 bits per heavy atom. The van der Waals surface area contributed by atoms with Gasteiger partial charge in [-0.15, -0.1) is 9.42 Å². The van der Waals surface area contributed by atoms with E-state index in [9.17, 15) is 24.2 Å². The molecule has 3 aromatic carbocycles. The highest BCUT2D eigenvalue weighted by atomic mass is 31.1. The summed E-state index contributed by atoms with van der Waals surface area (Å²) in [7, 11) is 0.118. The number of aromatic hydroxyl groups is 1. The van der Waals surface area contributed by atoms with Crippen molar-refractivity contribution in [3.8, 4) is 17.2 Å². The first kappa shape index (κ1) is 30.1. The van der Waals surface area contributed by atoms with Gasteiger partial charge in [-0.1, -0.05) is 54.6 Å². The van der Waals surface area contributed by atoms with Crippen molar-refractivity contribution in [1.82, 2.24) is 9.55 Å². The van der Waals surface area contributed by atoms with E-state index in [1.165, 1.54) is 0 Å². The van der Waals surface area contributed by atoms with Crippen LogP contribution in [-0.2, 0) is 24.2 Å². The lowest BCUT2D eigenvalue weighted by Gasteiger charge is -2.37. The monoisotopic (exact) mass is 609 g/mol. The summed E-state index contributed by atoms with van der Waals surface area (Å²) in [5, 5.41) is 9.91. The summed E-state index contributed by atoms with van der Waals surface area (Å²) >= 11 is 0. The molecule has 224 valence electrons. The number of H-pyrrole nitrogens is 1. The summed E-state index contributed by atoms with van der Waals surface area (Å²) in [6.07, 6.45) is -2.02. The second-order valence-corrected chi connectivity index (χ2v) is 10.4. The topological polar surface area (TPSA) is 159 Å². The van der Waals surface area contributed by atoms with Crippen LogP contribution in [0, 0.1) is 0 Å². The van der Waals surface area contributed by atoms with Crippen molar-refractivity contribution < 1.29 is 38.0 Å². The number of nitrogens with zero attached hydrogens (tertiary/aromatic N) is 1. The zero-order valence-electron chi connectivity index (χ0n) is 23.3. The summed E-state index contributed by atoms with van der Waals surface area (Å²) in [4.78, 5) is 35.8. The van der Waals surface area contributed by atoms with Crippen LogP contribution in [0.25, 0.3) is 0 Å². The van der Waals surface area contributed by atoms with Crippen molar-refractivity contribution in [3.63, 3.8) is 0 Å². The molecule has 4 aromatic rings. The molecule has 0 radical (unpaired) electrons. The first-order chi connectivity index (χ1) is 20.7. The molecule has 1 aromatic heterocycles. The third kappa shape index (κ3) is 6.24. The molecular weight excluding hydrogens is 579 g/mol. The lowest BCUT2D eigenvalue weighted by atomic mass is 9.80. The predicted octanol–water partition coefficient (Wildman–Crippen LogP) is 3.59. The average molecular weight is 610 g/mol. The van der Waals surface area contributed by atoms with Gasteiger partial charge in [0.2, 0.25) is 0 Å². The Bertz CT molecular complexity index is 1630. The van der Waals surface area contributed by atoms with Gasteiger partial charge in [0.1, 0.15) is 35.5 Å². The third-order valence-corrected chi connectivity index (χ3v) is 7.75. The number of ether oxygens (including phenoxy) is 4. The van der Waals surface area contributed by atoms with Crippen LogP contribution in [0.15, 0.2) is 94.6 Å². The van der Waals surface area contributed by atoms with Crippen molar-refractivity contribution in [2.45, 2.75) is 30.5 Å². The smallest absolute Gasteiger partial charge is 0.502 e. The number of hydrogen-bond donors (Lipinski definition) is 3. The third-order valence-electron chi connectivity index (χ3n) is 7.30. The molecule has 3 N–H and O–H groups in total. The highest BCUT2D eigenvalue weighted by Gasteiger charge is 2.46. The van der Waals surface area contributed by atoms with E-state index in [1.807, 2.05) is 83.8 Å². The molecule has 0 amide bonds. The normalized spacial score (nSPS) is 18.8. The Morgan fingerprint density at radius 1 is 0.930 bits per heavy atom. The van der Waals surface area contributed by atoms with Crippen LogP contribution < -0.4 is 20.7 Å². The fourth-order valence-corrected chi connectivity index (χ4v) is 5.67. The Hall–Kier alpha value is -4.32. The van der Waals surface area contributed by atoms with Crippen LogP contribution in [0.3, 0.4) is 0 Å². The molecule has 1 aliphatic heterocycles. The largest absolute Gasteiger partial charge is 0.695 e. The Balaban J connectivity index is 1.58. The number of benzene rings is 3. The van der Waals surface area contributed by atoms with Gasteiger partial charge in [0.25, 0.3) is 5.56 Å². The van der Waals surface area contributed by atoms with Crippen molar-refractivity contribution >= 4 is 8.25 Å². The Kier molecular flexibility index (Phi) is 9.05. The SMILES string of the molecule is COc1ccc(C(OC[C@H]2O[C@@H](n3cc(O)c(=O)[nH]c3=O)C[C@@H]2O[P+](=O)O)(c2ccccc2)c2ccc(OC)cc2)cc1. The Labute approximate surface area is 247 Å². The van der Waals surface area contributed by atoms with Crippen molar-refractivity contribution in [2.75, 3.05) is 20.8 Å². The summed E-state index contributed by atoms with van der Waals surface area (Å²) in [6, 6.07) is 24.3. The quantitative estimate of drug-likeness (QED) is 0.170. The minimum Gasteiger partial charge on any atom is -0.502 e. The molecule has 43 heavy (non-hydrogen) atoms. The molecule has 12 nitrogen and oxygen atoms in total. The zero-order chi connectivity index (χ0) is 30.6. The van der Waals surface area contributed by atoms with Gasteiger partial charge in [0, 0.05) is 11.0 Å². The summed E-state index contributed by atoms with van der Waals surface area (Å²) in [5.41, 5.74) is -0.681. The molecule has 0 spiro atoms. The Morgan fingerprint density at radius 3 is 2.02 bits per heavy atom. The number of nitrogens with one attached hydrogen (secondary N) is 1. The van der Waals surface area contributed by atoms with Gasteiger partial charge in [-0.05, 0) is 41.0 Å². The fraction of sp³-hybridized carbons (Fsp3) is 0.267. The maximum Gasteiger partial charge on any atom is 0.695 e. The number of rotatable bonds is 11. The maximum atomic E-state index is 12.5. The van der Waals surface area contributed by atoms with Crippen LogP contribution in [0.2, 0.25) is 0 Å². The van der Waals surface area contributed by atoms with E-state index < -0.39 is 49.3 Å². The van der Waals surface area contributed by atoms with Crippen molar-refractivity contribution in [2.24, 2.45) is 0 Å². The summed E-state index contributed by atoms with van der Waals surface area (Å²) < 4.78 is 41.7. The minimum atomic E-state index is -3.03. The van der Waals surface area contributed by atoms with Crippen LogP contribution in [0.5, 0.6) is 17.2 Å². The lowest BCUT2D eigenvalue weighted by Crippen LogP contribution is -2.38. The second kappa shape index (κ2) is 12.9. The average Bonchev–Trinajstić information content (AvgIpc) is 3.41. The number of aromatic nitrogens is 2. The maximum absolute atomic E-state index is 12.5. The van der Waals surface area contributed by atoms with E-state index in [1.54, 1.807) is 14.2 Å². The molecule has 0 aliphatic carbocycles. The molecule has 0 bridgehead atoms. The van der Waals surface area contributed by atoms with Gasteiger partial charge in [0.15, 0.2) is 5.75 Å².